The zero-order valence-electron chi connectivity index (χ0n) is 9.93. The molecule has 0 saturated heterocycles. The summed E-state index contributed by atoms with van der Waals surface area (Å²) in [6, 6.07) is 8.11. The number of hydrogen-bond acceptors (Lipinski definition) is 3. The van der Waals surface area contributed by atoms with Crippen LogP contribution in [0.15, 0.2) is 29.8 Å². The maximum atomic E-state index is 5.99. The Hall–Kier alpha value is -1.39. The summed E-state index contributed by atoms with van der Waals surface area (Å²) in [6.45, 7) is 2.82. The zero-order valence-corrected chi connectivity index (χ0v) is 11.5. The summed E-state index contributed by atoms with van der Waals surface area (Å²) in [7, 11) is 0. The van der Waals surface area contributed by atoms with Gasteiger partial charge in [-0.2, -0.15) is 0 Å². The fourth-order valence-electron chi connectivity index (χ4n) is 2.03. The third kappa shape index (κ3) is 1.91. The molecule has 2 heterocycles. The van der Waals surface area contributed by atoms with Gasteiger partial charge in [-0.3, -0.25) is 0 Å². The molecule has 2 aromatic heterocycles. The first-order chi connectivity index (χ1) is 8.79. The van der Waals surface area contributed by atoms with Crippen LogP contribution in [0.5, 0.6) is 0 Å². The number of imidazole rings is 1. The quantitative estimate of drug-likeness (QED) is 0.685. The highest BCUT2D eigenvalue weighted by atomic mass is 35.5. The number of thiazole rings is 1. The number of aryl methyl sites for hydroxylation is 1. The van der Waals surface area contributed by atoms with Crippen LogP contribution in [-0.2, 0) is 12.4 Å². The molecule has 0 spiro atoms. The molecule has 92 valence electrons. The number of nitrogens with zero attached hydrogens (tertiary/aromatic N) is 3. The average molecular weight is 278 g/mol. The average Bonchev–Trinajstić information content (AvgIpc) is 2.95. The fraction of sp³-hybridized carbons (Fsp3) is 0.231. The molecular formula is C13H12ClN3S. The lowest BCUT2D eigenvalue weighted by Crippen LogP contribution is -2.03. The Morgan fingerprint density at radius 3 is 2.89 bits per heavy atom. The summed E-state index contributed by atoms with van der Waals surface area (Å²) < 4.78 is 2.17. The number of para-hydroxylation sites is 2. The van der Waals surface area contributed by atoms with E-state index in [-0.39, 0.29) is 0 Å². The van der Waals surface area contributed by atoms with Gasteiger partial charge in [0.1, 0.15) is 5.82 Å². The second-order valence-corrected chi connectivity index (χ2v) is 5.30. The lowest BCUT2D eigenvalue weighted by atomic mass is 10.3. The highest BCUT2D eigenvalue weighted by Gasteiger charge is 2.11. The van der Waals surface area contributed by atoms with E-state index in [2.05, 4.69) is 20.6 Å². The van der Waals surface area contributed by atoms with Crippen LogP contribution in [0.1, 0.15) is 16.4 Å². The largest absolute Gasteiger partial charge is 0.322 e. The van der Waals surface area contributed by atoms with Gasteiger partial charge < -0.3 is 4.57 Å². The molecule has 0 radical (unpaired) electrons. The van der Waals surface area contributed by atoms with Crippen LogP contribution < -0.4 is 0 Å². The molecule has 0 atom stereocenters. The first kappa shape index (κ1) is 11.7. The van der Waals surface area contributed by atoms with Crippen LogP contribution in [0.2, 0.25) is 0 Å². The summed E-state index contributed by atoms with van der Waals surface area (Å²) in [5.41, 5.74) is 5.08. The smallest absolute Gasteiger partial charge is 0.125 e. The van der Waals surface area contributed by atoms with Crippen LogP contribution >= 0.6 is 22.9 Å². The number of benzene rings is 1. The summed E-state index contributed by atoms with van der Waals surface area (Å²) >= 11 is 7.66. The summed E-state index contributed by atoms with van der Waals surface area (Å²) in [6.07, 6.45) is 0. The van der Waals surface area contributed by atoms with Gasteiger partial charge in [0.15, 0.2) is 0 Å². The molecule has 0 saturated carbocycles. The van der Waals surface area contributed by atoms with Crippen molar-refractivity contribution in [1.29, 1.82) is 0 Å². The van der Waals surface area contributed by atoms with Gasteiger partial charge in [0.05, 0.1) is 34.7 Å². The molecule has 1 aromatic carbocycles. The number of aromatic nitrogens is 3. The van der Waals surface area contributed by atoms with Crippen LogP contribution in [0.4, 0.5) is 0 Å². The normalized spacial score (nSPS) is 11.2. The van der Waals surface area contributed by atoms with Crippen LogP contribution in [0.3, 0.4) is 0 Å². The van der Waals surface area contributed by atoms with Crippen molar-refractivity contribution in [2.75, 3.05) is 0 Å². The molecule has 0 bridgehead atoms. The number of alkyl halides is 1. The van der Waals surface area contributed by atoms with E-state index in [0.717, 1.165) is 29.1 Å². The first-order valence-corrected chi connectivity index (χ1v) is 7.10. The number of halogens is 1. The van der Waals surface area contributed by atoms with E-state index < -0.39 is 0 Å². The number of fused-ring (bicyclic) bond motifs is 1. The van der Waals surface area contributed by atoms with Gasteiger partial charge in [0, 0.05) is 4.88 Å². The number of hydrogen-bond donors (Lipinski definition) is 0. The van der Waals surface area contributed by atoms with Crippen molar-refractivity contribution >= 4 is 34.0 Å². The van der Waals surface area contributed by atoms with E-state index in [4.69, 9.17) is 11.6 Å². The minimum atomic E-state index is 0.423. The maximum Gasteiger partial charge on any atom is 0.125 e. The number of rotatable bonds is 3. The van der Waals surface area contributed by atoms with Crippen molar-refractivity contribution in [3.63, 3.8) is 0 Å². The Balaban J connectivity index is 2.12. The Morgan fingerprint density at radius 1 is 1.33 bits per heavy atom. The van der Waals surface area contributed by atoms with Crippen molar-refractivity contribution in [1.82, 2.24) is 14.5 Å². The SMILES string of the molecule is Cc1ncsc1Cn1c(CCl)nc2ccccc21. The molecule has 3 nitrogen and oxygen atoms in total. The van der Waals surface area contributed by atoms with Gasteiger partial charge in [-0.05, 0) is 19.1 Å². The molecule has 0 aliphatic carbocycles. The lowest BCUT2D eigenvalue weighted by Gasteiger charge is -2.06. The Morgan fingerprint density at radius 2 is 2.17 bits per heavy atom. The van der Waals surface area contributed by atoms with Gasteiger partial charge in [-0.15, -0.1) is 22.9 Å². The van der Waals surface area contributed by atoms with Gasteiger partial charge in [-0.25, -0.2) is 9.97 Å². The van der Waals surface area contributed by atoms with Crippen LogP contribution in [0.25, 0.3) is 11.0 Å². The third-order valence-electron chi connectivity index (χ3n) is 3.00. The van der Waals surface area contributed by atoms with Gasteiger partial charge in [0.25, 0.3) is 0 Å². The summed E-state index contributed by atoms with van der Waals surface area (Å²) in [5, 5.41) is 0. The summed E-state index contributed by atoms with van der Waals surface area (Å²) in [4.78, 5) is 10.1. The van der Waals surface area contributed by atoms with E-state index in [1.165, 1.54) is 4.88 Å². The molecule has 0 amide bonds. The van der Waals surface area contributed by atoms with E-state index in [0.29, 0.717) is 5.88 Å². The van der Waals surface area contributed by atoms with Crippen molar-refractivity contribution < 1.29 is 0 Å². The maximum absolute atomic E-state index is 5.99. The highest BCUT2D eigenvalue weighted by Crippen LogP contribution is 2.21. The molecule has 0 aliphatic heterocycles. The molecular weight excluding hydrogens is 266 g/mol. The van der Waals surface area contributed by atoms with Gasteiger partial charge in [0.2, 0.25) is 0 Å². The van der Waals surface area contributed by atoms with E-state index in [1.54, 1.807) is 11.3 Å². The molecule has 18 heavy (non-hydrogen) atoms. The van der Waals surface area contributed by atoms with Crippen LogP contribution in [0, 0.1) is 6.92 Å². The molecule has 5 heteroatoms. The highest BCUT2D eigenvalue weighted by molar-refractivity contribution is 7.09. The van der Waals surface area contributed by atoms with Crippen LogP contribution in [-0.4, -0.2) is 14.5 Å². The lowest BCUT2D eigenvalue weighted by molar-refractivity contribution is 0.783. The molecule has 3 aromatic rings. The summed E-state index contributed by atoms with van der Waals surface area (Å²) in [5.74, 6) is 1.33. The Bertz CT molecular complexity index is 686. The monoisotopic (exact) mass is 277 g/mol. The molecule has 0 N–H and O–H groups in total. The van der Waals surface area contributed by atoms with Gasteiger partial charge >= 0.3 is 0 Å². The second kappa shape index (κ2) is 4.71. The standard InChI is InChI=1S/C13H12ClN3S/c1-9-12(18-8-15-9)7-17-11-5-3-2-4-10(11)16-13(17)6-14/h2-5,8H,6-7H2,1H3. The fourth-order valence-corrected chi connectivity index (χ4v) is 2.99. The molecule has 3 rings (SSSR count). The third-order valence-corrected chi connectivity index (χ3v) is 4.16. The van der Waals surface area contributed by atoms with Crippen molar-refractivity contribution in [3.05, 3.63) is 46.2 Å². The first-order valence-electron chi connectivity index (χ1n) is 5.68. The Labute approximate surface area is 114 Å². The van der Waals surface area contributed by atoms with Crippen molar-refractivity contribution in [2.45, 2.75) is 19.3 Å². The minimum absolute atomic E-state index is 0.423. The minimum Gasteiger partial charge on any atom is -0.322 e. The molecule has 0 aliphatic rings. The van der Waals surface area contributed by atoms with Crippen molar-refractivity contribution in [2.24, 2.45) is 0 Å². The Kier molecular flexibility index (Phi) is 3.06. The molecule has 0 unspecified atom stereocenters. The van der Waals surface area contributed by atoms with E-state index in [1.807, 2.05) is 30.6 Å². The zero-order chi connectivity index (χ0) is 12.5. The second-order valence-electron chi connectivity index (χ2n) is 4.10. The van der Waals surface area contributed by atoms with E-state index in [9.17, 15) is 0 Å². The predicted molar refractivity (Wildman–Crippen MR) is 75.2 cm³/mol. The predicted octanol–water partition coefficient (Wildman–Crippen LogP) is 3.59. The van der Waals surface area contributed by atoms with Crippen molar-refractivity contribution in [3.8, 4) is 0 Å². The van der Waals surface area contributed by atoms with E-state index >= 15 is 0 Å². The molecule has 0 fully saturated rings. The van der Waals surface area contributed by atoms with Gasteiger partial charge in [-0.1, -0.05) is 12.1 Å². The topological polar surface area (TPSA) is 30.7 Å².